The van der Waals surface area contributed by atoms with Gasteiger partial charge in [-0.2, -0.15) is 16.9 Å². The van der Waals surface area contributed by atoms with E-state index in [1.807, 2.05) is 28.7 Å². The Kier molecular flexibility index (Phi) is 7.39. The number of nitrogens with one attached hydrogen (secondary N) is 1. The topological polar surface area (TPSA) is 29.9 Å². The summed E-state index contributed by atoms with van der Waals surface area (Å²) >= 11 is 1.93. The van der Waals surface area contributed by atoms with Crippen LogP contribution in [0.1, 0.15) is 30.4 Å². The number of aromatic nitrogens is 2. The summed E-state index contributed by atoms with van der Waals surface area (Å²) in [5, 5.41) is 7.92. The summed E-state index contributed by atoms with van der Waals surface area (Å²) in [5.41, 5.74) is 2.55. The lowest BCUT2D eigenvalue weighted by Gasteiger charge is -2.03. The number of hydrogen-bond acceptors (Lipinski definition) is 3. The molecular weight excluding hydrogens is 278 g/mol. The third kappa shape index (κ3) is 6.36. The summed E-state index contributed by atoms with van der Waals surface area (Å²) in [7, 11) is 0. The maximum atomic E-state index is 4.42. The summed E-state index contributed by atoms with van der Waals surface area (Å²) in [4.78, 5) is 0. The SMILES string of the molecule is CSCCCCCNCc1cnn(Cc2ccccc2)c1. The van der Waals surface area contributed by atoms with Crippen LogP contribution >= 0.6 is 11.8 Å². The van der Waals surface area contributed by atoms with Crippen molar-refractivity contribution >= 4 is 11.8 Å². The van der Waals surface area contributed by atoms with Crippen molar-refractivity contribution in [3.05, 3.63) is 53.9 Å². The van der Waals surface area contributed by atoms with Gasteiger partial charge in [-0.3, -0.25) is 4.68 Å². The van der Waals surface area contributed by atoms with E-state index in [1.165, 1.54) is 36.1 Å². The predicted octanol–water partition coefficient (Wildman–Crippen LogP) is 3.55. The molecule has 1 aromatic carbocycles. The van der Waals surface area contributed by atoms with E-state index in [4.69, 9.17) is 0 Å². The van der Waals surface area contributed by atoms with Gasteiger partial charge in [0.05, 0.1) is 12.7 Å². The fourth-order valence-corrected chi connectivity index (χ4v) is 2.75. The Morgan fingerprint density at radius 2 is 1.95 bits per heavy atom. The molecule has 0 saturated heterocycles. The van der Waals surface area contributed by atoms with Gasteiger partial charge in [0.25, 0.3) is 0 Å². The molecule has 0 radical (unpaired) electrons. The van der Waals surface area contributed by atoms with Gasteiger partial charge in [-0.1, -0.05) is 36.8 Å². The Bertz CT molecular complexity index is 496. The molecule has 0 fully saturated rings. The van der Waals surface area contributed by atoms with Crippen molar-refractivity contribution in [2.24, 2.45) is 0 Å². The fraction of sp³-hybridized carbons (Fsp3) is 0.471. The van der Waals surface area contributed by atoms with Crippen LogP contribution < -0.4 is 5.32 Å². The molecule has 21 heavy (non-hydrogen) atoms. The molecule has 0 aliphatic rings. The quantitative estimate of drug-likeness (QED) is 0.681. The standard InChI is InChI=1S/C17H25N3S/c1-21-11-7-3-6-10-18-12-17-13-19-20(15-17)14-16-8-4-2-5-9-16/h2,4-5,8-9,13,15,18H,3,6-7,10-12,14H2,1H3. The van der Waals surface area contributed by atoms with Crippen LogP contribution in [0.3, 0.4) is 0 Å². The molecule has 1 heterocycles. The van der Waals surface area contributed by atoms with Crippen LogP contribution in [0.4, 0.5) is 0 Å². The third-order valence-electron chi connectivity index (χ3n) is 3.41. The van der Waals surface area contributed by atoms with E-state index in [1.54, 1.807) is 0 Å². The third-order valence-corrected chi connectivity index (χ3v) is 4.10. The van der Waals surface area contributed by atoms with E-state index >= 15 is 0 Å². The van der Waals surface area contributed by atoms with E-state index in [-0.39, 0.29) is 0 Å². The van der Waals surface area contributed by atoms with Crippen molar-refractivity contribution in [1.82, 2.24) is 15.1 Å². The van der Waals surface area contributed by atoms with Crippen LogP contribution in [0.15, 0.2) is 42.7 Å². The van der Waals surface area contributed by atoms with Gasteiger partial charge < -0.3 is 5.32 Å². The molecule has 1 aromatic heterocycles. The number of hydrogen-bond donors (Lipinski definition) is 1. The molecule has 114 valence electrons. The molecule has 0 amide bonds. The molecule has 3 nitrogen and oxygen atoms in total. The van der Waals surface area contributed by atoms with Crippen molar-refractivity contribution < 1.29 is 0 Å². The molecule has 0 saturated carbocycles. The number of unbranched alkanes of at least 4 members (excludes halogenated alkanes) is 2. The smallest absolute Gasteiger partial charge is 0.0659 e. The van der Waals surface area contributed by atoms with E-state index < -0.39 is 0 Å². The normalized spacial score (nSPS) is 10.9. The van der Waals surface area contributed by atoms with Gasteiger partial charge in [0.2, 0.25) is 0 Å². The molecule has 0 aliphatic heterocycles. The van der Waals surface area contributed by atoms with E-state index in [0.717, 1.165) is 19.6 Å². The summed E-state index contributed by atoms with van der Waals surface area (Å²) in [6.07, 6.45) is 10.2. The Labute approximate surface area is 132 Å². The second-order valence-corrected chi connectivity index (χ2v) is 6.25. The molecule has 0 spiro atoms. The van der Waals surface area contributed by atoms with Crippen LogP contribution in [-0.4, -0.2) is 28.3 Å². The van der Waals surface area contributed by atoms with Crippen molar-refractivity contribution in [2.45, 2.75) is 32.4 Å². The lowest BCUT2D eigenvalue weighted by molar-refractivity contribution is 0.617. The van der Waals surface area contributed by atoms with Gasteiger partial charge >= 0.3 is 0 Å². The monoisotopic (exact) mass is 303 g/mol. The summed E-state index contributed by atoms with van der Waals surface area (Å²) in [5.74, 6) is 1.28. The van der Waals surface area contributed by atoms with Crippen molar-refractivity contribution in [3.63, 3.8) is 0 Å². The van der Waals surface area contributed by atoms with Gasteiger partial charge in [0.1, 0.15) is 0 Å². The average Bonchev–Trinajstić information content (AvgIpc) is 2.95. The lowest BCUT2D eigenvalue weighted by Crippen LogP contribution is -2.14. The van der Waals surface area contributed by atoms with Crippen LogP contribution in [0.2, 0.25) is 0 Å². The van der Waals surface area contributed by atoms with Crippen LogP contribution in [0, 0.1) is 0 Å². The first-order valence-corrected chi connectivity index (χ1v) is 9.03. The lowest BCUT2D eigenvalue weighted by atomic mass is 10.2. The molecule has 0 aliphatic carbocycles. The molecule has 0 bridgehead atoms. The molecule has 2 rings (SSSR count). The zero-order chi connectivity index (χ0) is 14.8. The van der Waals surface area contributed by atoms with Gasteiger partial charge in [0, 0.05) is 18.3 Å². The van der Waals surface area contributed by atoms with Crippen molar-refractivity contribution in [2.75, 3.05) is 18.6 Å². The zero-order valence-electron chi connectivity index (χ0n) is 12.8. The molecule has 2 aromatic rings. The molecule has 4 heteroatoms. The second-order valence-electron chi connectivity index (χ2n) is 5.26. The fourth-order valence-electron chi connectivity index (χ4n) is 2.26. The summed E-state index contributed by atoms with van der Waals surface area (Å²) in [6, 6.07) is 10.4. The average molecular weight is 303 g/mol. The highest BCUT2D eigenvalue weighted by atomic mass is 32.2. The van der Waals surface area contributed by atoms with Crippen LogP contribution in [0.25, 0.3) is 0 Å². The van der Waals surface area contributed by atoms with Crippen LogP contribution in [-0.2, 0) is 13.1 Å². The zero-order valence-corrected chi connectivity index (χ0v) is 13.6. The minimum atomic E-state index is 0.843. The minimum absolute atomic E-state index is 0.843. The van der Waals surface area contributed by atoms with Crippen molar-refractivity contribution in [1.29, 1.82) is 0 Å². The Balaban J connectivity index is 1.64. The summed E-state index contributed by atoms with van der Waals surface area (Å²) < 4.78 is 2.00. The first-order chi connectivity index (χ1) is 10.4. The molecule has 1 N–H and O–H groups in total. The Morgan fingerprint density at radius 3 is 2.76 bits per heavy atom. The minimum Gasteiger partial charge on any atom is -0.313 e. The maximum Gasteiger partial charge on any atom is 0.0659 e. The molecule has 0 atom stereocenters. The van der Waals surface area contributed by atoms with Gasteiger partial charge in [-0.05, 0) is 37.0 Å². The number of rotatable bonds is 10. The highest BCUT2D eigenvalue weighted by Gasteiger charge is 1.99. The predicted molar refractivity (Wildman–Crippen MR) is 91.7 cm³/mol. The maximum absolute atomic E-state index is 4.42. The molecule has 0 unspecified atom stereocenters. The number of nitrogens with zero attached hydrogens (tertiary/aromatic N) is 2. The van der Waals surface area contributed by atoms with E-state index in [0.29, 0.717) is 0 Å². The van der Waals surface area contributed by atoms with E-state index in [2.05, 4.69) is 47.1 Å². The first-order valence-electron chi connectivity index (χ1n) is 7.63. The highest BCUT2D eigenvalue weighted by molar-refractivity contribution is 7.98. The van der Waals surface area contributed by atoms with Gasteiger partial charge in [0.15, 0.2) is 0 Å². The number of thioether (sulfide) groups is 1. The van der Waals surface area contributed by atoms with Crippen molar-refractivity contribution in [3.8, 4) is 0 Å². The van der Waals surface area contributed by atoms with Gasteiger partial charge in [-0.25, -0.2) is 0 Å². The largest absolute Gasteiger partial charge is 0.313 e. The van der Waals surface area contributed by atoms with Crippen LogP contribution in [0.5, 0.6) is 0 Å². The second kappa shape index (κ2) is 9.64. The highest BCUT2D eigenvalue weighted by Crippen LogP contribution is 2.04. The Morgan fingerprint density at radius 1 is 1.10 bits per heavy atom. The Hall–Kier alpha value is -1.26. The first kappa shape index (κ1) is 16.1. The summed E-state index contributed by atoms with van der Waals surface area (Å²) in [6.45, 7) is 2.85. The number of benzene rings is 1. The van der Waals surface area contributed by atoms with Gasteiger partial charge in [-0.15, -0.1) is 0 Å². The van der Waals surface area contributed by atoms with E-state index in [9.17, 15) is 0 Å². The molecular formula is C17H25N3S.